The van der Waals surface area contributed by atoms with Gasteiger partial charge in [0.25, 0.3) is 0 Å². The fraction of sp³-hybridized carbons (Fsp3) is 0.400. The summed E-state index contributed by atoms with van der Waals surface area (Å²) in [6.45, 7) is 0. The number of H-pyrrole nitrogens is 1. The van der Waals surface area contributed by atoms with Crippen LogP contribution in [0.25, 0.3) is 0 Å². The molecule has 0 aliphatic heterocycles. The van der Waals surface area contributed by atoms with Gasteiger partial charge in [0, 0.05) is 11.1 Å². The molecule has 0 radical (unpaired) electrons. The summed E-state index contributed by atoms with van der Waals surface area (Å²) in [7, 11) is 0.0477. The maximum Gasteiger partial charge on any atom is 0.0606 e. The van der Waals surface area contributed by atoms with E-state index >= 15 is 0 Å². The molecule has 8 heavy (non-hydrogen) atoms. The van der Waals surface area contributed by atoms with Crippen molar-refractivity contribution in [2.45, 2.75) is 4.90 Å². The lowest BCUT2D eigenvalue weighted by molar-refractivity contribution is 1.09. The Morgan fingerprint density at radius 1 is 1.62 bits per heavy atom. The molecule has 3 heteroatoms. The maximum absolute atomic E-state index is 3.83. The van der Waals surface area contributed by atoms with Crippen LogP contribution in [0.15, 0.2) is 17.3 Å². The molecule has 1 aromatic rings. The predicted octanol–water partition coefficient (Wildman–Crippen LogP) is 1.03. The van der Waals surface area contributed by atoms with Gasteiger partial charge in [-0.2, -0.15) is 5.10 Å². The van der Waals surface area contributed by atoms with Crippen molar-refractivity contribution in [3.63, 3.8) is 0 Å². The molecular weight excluding hydrogens is 120 g/mol. The van der Waals surface area contributed by atoms with Gasteiger partial charge in [-0.1, -0.05) is 0 Å². The molecule has 1 N–H and O–H groups in total. The Bertz CT molecular complexity index is 145. The van der Waals surface area contributed by atoms with Crippen molar-refractivity contribution in [3.05, 3.63) is 12.4 Å². The predicted molar refractivity (Wildman–Crippen MR) is 37.7 cm³/mol. The Balaban J connectivity index is 2.77. The van der Waals surface area contributed by atoms with Crippen LogP contribution in [0.1, 0.15) is 0 Å². The van der Waals surface area contributed by atoms with Crippen LogP contribution in [0.2, 0.25) is 0 Å². The van der Waals surface area contributed by atoms with Crippen LogP contribution >= 0.6 is 10.9 Å². The molecule has 0 aliphatic rings. The summed E-state index contributed by atoms with van der Waals surface area (Å²) in [5.74, 6) is 0. The smallest absolute Gasteiger partial charge is 0.0606 e. The van der Waals surface area contributed by atoms with E-state index in [2.05, 4.69) is 22.7 Å². The topological polar surface area (TPSA) is 28.7 Å². The third-order valence-corrected chi connectivity index (χ3v) is 2.28. The molecule has 0 unspecified atom stereocenters. The van der Waals surface area contributed by atoms with Gasteiger partial charge in [-0.15, -0.1) is 0 Å². The number of aromatic nitrogens is 2. The van der Waals surface area contributed by atoms with Gasteiger partial charge in [-0.05, 0) is 12.5 Å². The largest absolute Gasteiger partial charge is 0.285 e. The summed E-state index contributed by atoms with van der Waals surface area (Å²) in [5.41, 5.74) is 0. The van der Waals surface area contributed by atoms with Crippen molar-refractivity contribution in [1.29, 1.82) is 0 Å². The highest BCUT2D eigenvalue weighted by Crippen LogP contribution is 2.25. The van der Waals surface area contributed by atoms with E-state index < -0.39 is 0 Å². The van der Waals surface area contributed by atoms with E-state index in [4.69, 9.17) is 0 Å². The SMILES string of the molecule is C[SH](C)c1cn[nH]c1. The molecule has 1 rings (SSSR count). The summed E-state index contributed by atoms with van der Waals surface area (Å²) in [6, 6.07) is 0. The van der Waals surface area contributed by atoms with Crippen molar-refractivity contribution >= 4 is 10.9 Å². The average molecular weight is 130 g/mol. The standard InChI is InChI=1S/C5H10N2S/c1-8(2)5-3-6-7-4-5/h3-4,8H,1-2H3,(H,6,7). The summed E-state index contributed by atoms with van der Waals surface area (Å²) >= 11 is 0. The Labute approximate surface area is 51.6 Å². The van der Waals surface area contributed by atoms with Crippen LogP contribution in [0.5, 0.6) is 0 Å². The first-order valence-electron chi connectivity index (χ1n) is 2.47. The lowest BCUT2D eigenvalue weighted by Crippen LogP contribution is -1.69. The number of aromatic amines is 1. The number of hydrogen-bond acceptors (Lipinski definition) is 1. The number of nitrogens with one attached hydrogen (secondary N) is 1. The molecule has 0 spiro atoms. The molecule has 0 aromatic carbocycles. The first-order valence-corrected chi connectivity index (χ1v) is 4.70. The van der Waals surface area contributed by atoms with E-state index in [1.54, 1.807) is 0 Å². The third kappa shape index (κ3) is 1.04. The minimum atomic E-state index is 0.0477. The molecule has 0 saturated heterocycles. The zero-order valence-corrected chi connectivity index (χ0v) is 5.94. The minimum absolute atomic E-state index is 0.0477. The molecule has 0 bridgehead atoms. The van der Waals surface area contributed by atoms with Crippen LogP contribution in [-0.4, -0.2) is 22.7 Å². The highest BCUT2D eigenvalue weighted by Gasteiger charge is 1.91. The fourth-order valence-electron chi connectivity index (χ4n) is 0.489. The number of thiol groups is 1. The number of hydrogen-bond donors (Lipinski definition) is 2. The van der Waals surface area contributed by atoms with E-state index in [-0.39, 0.29) is 10.9 Å². The fourth-order valence-corrected chi connectivity index (χ4v) is 1.09. The van der Waals surface area contributed by atoms with Crippen LogP contribution in [-0.2, 0) is 0 Å². The lowest BCUT2D eigenvalue weighted by atomic mass is 10.7. The monoisotopic (exact) mass is 130 g/mol. The molecule has 1 aromatic heterocycles. The normalized spacial score (nSPS) is 11.5. The van der Waals surface area contributed by atoms with Crippen LogP contribution in [0.4, 0.5) is 0 Å². The van der Waals surface area contributed by atoms with E-state index in [9.17, 15) is 0 Å². The second-order valence-electron chi connectivity index (χ2n) is 1.85. The Kier molecular flexibility index (Phi) is 1.58. The summed E-state index contributed by atoms with van der Waals surface area (Å²) < 4.78 is 0. The van der Waals surface area contributed by atoms with Crippen LogP contribution in [0, 0.1) is 0 Å². The van der Waals surface area contributed by atoms with Gasteiger partial charge in [0.05, 0.1) is 6.20 Å². The Hall–Kier alpha value is -0.440. The molecule has 0 saturated carbocycles. The molecular formula is C5H10N2S. The first-order chi connectivity index (χ1) is 3.80. The van der Waals surface area contributed by atoms with Crippen LogP contribution < -0.4 is 0 Å². The zero-order chi connectivity index (χ0) is 5.98. The van der Waals surface area contributed by atoms with E-state index in [0.29, 0.717) is 0 Å². The molecule has 46 valence electrons. The first kappa shape index (κ1) is 5.69. The molecule has 0 atom stereocenters. The highest BCUT2D eigenvalue weighted by molar-refractivity contribution is 8.15. The second-order valence-corrected chi connectivity index (χ2v) is 4.16. The highest BCUT2D eigenvalue weighted by atomic mass is 32.2. The average Bonchev–Trinajstić information content (AvgIpc) is 2.12. The third-order valence-electron chi connectivity index (χ3n) is 1.00. The minimum Gasteiger partial charge on any atom is -0.285 e. The molecule has 1 heterocycles. The maximum atomic E-state index is 3.83. The van der Waals surface area contributed by atoms with Gasteiger partial charge in [0.2, 0.25) is 0 Å². The van der Waals surface area contributed by atoms with E-state index in [1.165, 1.54) is 4.90 Å². The van der Waals surface area contributed by atoms with Gasteiger partial charge in [-0.3, -0.25) is 5.10 Å². The van der Waals surface area contributed by atoms with Gasteiger partial charge in [0.1, 0.15) is 0 Å². The Morgan fingerprint density at radius 2 is 2.38 bits per heavy atom. The number of rotatable bonds is 1. The zero-order valence-electron chi connectivity index (χ0n) is 5.05. The molecule has 0 amide bonds. The van der Waals surface area contributed by atoms with Gasteiger partial charge in [0.15, 0.2) is 0 Å². The van der Waals surface area contributed by atoms with Crippen molar-refractivity contribution in [2.75, 3.05) is 12.5 Å². The van der Waals surface area contributed by atoms with E-state index in [0.717, 1.165) is 0 Å². The van der Waals surface area contributed by atoms with Gasteiger partial charge < -0.3 is 0 Å². The summed E-state index contributed by atoms with van der Waals surface area (Å²) in [4.78, 5) is 1.33. The van der Waals surface area contributed by atoms with Crippen molar-refractivity contribution < 1.29 is 0 Å². The van der Waals surface area contributed by atoms with Gasteiger partial charge in [-0.25, -0.2) is 10.9 Å². The molecule has 2 nitrogen and oxygen atoms in total. The second kappa shape index (κ2) is 2.22. The van der Waals surface area contributed by atoms with Crippen molar-refractivity contribution in [1.82, 2.24) is 10.2 Å². The van der Waals surface area contributed by atoms with Gasteiger partial charge >= 0.3 is 0 Å². The lowest BCUT2D eigenvalue weighted by Gasteiger charge is -2.01. The quantitative estimate of drug-likeness (QED) is 0.546. The van der Waals surface area contributed by atoms with Crippen molar-refractivity contribution in [3.8, 4) is 0 Å². The van der Waals surface area contributed by atoms with Crippen LogP contribution in [0.3, 0.4) is 0 Å². The molecule has 0 aliphatic carbocycles. The molecule has 0 fully saturated rings. The summed E-state index contributed by atoms with van der Waals surface area (Å²) in [6.07, 6.45) is 8.25. The summed E-state index contributed by atoms with van der Waals surface area (Å²) in [5, 5.41) is 6.61. The van der Waals surface area contributed by atoms with E-state index in [1.807, 2.05) is 12.4 Å². The Morgan fingerprint density at radius 3 is 2.62 bits per heavy atom. The van der Waals surface area contributed by atoms with Crippen molar-refractivity contribution in [2.24, 2.45) is 0 Å². The number of nitrogens with zero attached hydrogens (tertiary/aromatic N) is 1.